The van der Waals surface area contributed by atoms with Crippen LogP contribution >= 0.6 is 0 Å². The molecule has 2 atom stereocenters. The van der Waals surface area contributed by atoms with Crippen molar-refractivity contribution >= 4 is 23.1 Å². The maximum atomic E-state index is 12.4. The van der Waals surface area contributed by atoms with E-state index < -0.39 is 16.8 Å². The third-order valence-electron chi connectivity index (χ3n) is 5.99. The number of amides is 1. The topological polar surface area (TPSA) is 129 Å². The van der Waals surface area contributed by atoms with Crippen molar-refractivity contribution in [1.82, 2.24) is 24.4 Å². The zero-order valence-electron chi connectivity index (χ0n) is 18.0. The molecule has 4 rings (SSSR count). The second kappa shape index (κ2) is 7.05. The highest BCUT2D eigenvalue weighted by atomic mass is 16.6. The summed E-state index contributed by atoms with van der Waals surface area (Å²) in [6.07, 6.45) is 4.46. The van der Waals surface area contributed by atoms with Gasteiger partial charge in [0, 0.05) is 19.5 Å². The Morgan fingerprint density at radius 2 is 2.00 bits per heavy atom. The molecule has 2 aliphatic rings. The summed E-state index contributed by atoms with van der Waals surface area (Å²) in [4.78, 5) is 26.6. The number of fused-ring (bicyclic) bond motifs is 1. The van der Waals surface area contributed by atoms with Gasteiger partial charge < -0.3 is 29.8 Å². The Morgan fingerprint density at radius 1 is 1.30 bits per heavy atom. The highest BCUT2D eigenvalue weighted by Crippen LogP contribution is 2.44. The summed E-state index contributed by atoms with van der Waals surface area (Å²) in [6.45, 7) is 8.77. The molecule has 0 unspecified atom stereocenters. The van der Waals surface area contributed by atoms with Crippen molar-refractivity contribution in [1.29, 1.82) is 0 Å². The first kappa shape index (κ1) is 20.8. The van der Waals surface area contributed by atoms with E-state index in [4.69, 9.17) is 15.2 Å². The van der Waals surface area contributed by atoms with Gasteiger partial charge in [0.1, 0.15) is 17.4 Å². The average molecular weight is 418 g/mol. The molecule has 3 N–H and O–H groups in total. The van der Waals surface area contributed by atoms with Gasteiger partial charge in [-0.15, -0.1) is 0 Å². The summed E-state index contributed by atoms with van der Waals surface area (Å²) in [5.74, 6) is 0.307. The molecule has 2 aromatic rings. The monoisotopic (exact) mass is 418 g/mol. The number of rotatable bonds is 1. The van der Waals surface area contributed by atoms with Crippen molar-refractivity contribution in [2.75, 3.05) is 25.4 Å². The van der Waals surface area contributed by atoms with E-state index in [1.54, 1.807) is 11.2 Å². The van der Waals surface area contributed by atoms with E-state index in [1.165, 1.54) is 6.33 Å². The molecule has 0 radical (unpaired) electrons. The molecule has 0 aliphatic carbocycles. The second-order valence-electron chi connectivity index (χ2n) is 9.59. The molecular weight excluding hydrogens is 388 g/mol. The molecule has 0 aromatic carbocycles. The molecule has 164 valence electrons. The maximum Gasteiger partial charge on any atom is 0.410 e. The lowest BCUT2D eigenvalue weighted by Crippen LogP contribution is -2.58. The number of aromatic nitrogens is 4. The fourth-order valence-corrected chi connectivity index (χ4v) is 4.48. The number of hydrogen-bond acceptors (Lipinski definition) is 8. The third-order valence-corrected chi connectivity index (χ3v) is 5.99. The fourth-order valence-electron chi connectivity index (χ4n) is 4.48. The quantitative estimate of drug-likeness (QED) is 0.718. The molecule has 2 aliphatic heterocycles. The minimum atomic E-state index is -1.04. The summed E-state index contributed by atoms with van der Waals surface area (Å²) in [5, 5.41) is 11.4. The Kier molecular flexibility index (Phi) is 4.89. The van der Waals surface area contributed by atoms with Crippen molar-refractivity contribution in [3.63, 3.8) is 0 Å². The van der Waals surface area contributed by atoms with Crippen molar-refractivity contribution in [2.45, 2.75) is 69.8 Å². The molecule has 0 saturated carbocycles. The van der Waals surface area contributed by atoms with Crippen LogP contribution in [0, 0.1) is 0 Å². The Labute approximate surface area is 175 Å². The number of anilines is 1. The van der Waals surface area contributed by atoms with Crippen LogP contribution in [-0.4, -0.2) is 72.1 Å². The normalized spacial score (nSPS) is 26.8. The van der Waals surface area contributed by atoms with E-state index in [1.807, 2.05) is 32.3 Å². The Morgan fingerprint density at radius 3 is 2.63 bits per heavy atom. The van der Waals surface area contributed by atoms with Crippen LogP contribution in [0.25, 0.3) is 11.2 Å². The zero-order chi connectivity index (χ0) is 21.7. The van der Waals surface area contributed by atoms with E-state index in [2.05, 4.69) is 15.0 Å². The summed E-state index contributed by atoms with van der Waals surface area (Å²) in [7, 11) is 0. The van der Waals surface area contributed by atoms with Crippen LogP contribution in [0.5, 0.6) is 0 Å². The van der Waals surface area contributed by atoms with Gasteiger partial charge in [-0.2, -0.15) is 0 Å². The first-order chi connectivity index (χ1) is 14.0. The number of likely N-dealkylation sites (tertiary alicyclic amines) is 1. The number of aliphatic hydroxyl groups is 1. The first-order valence-corrected chi connectivity index (χ1v) is 10.3. The molecule has 2 aromatic heterocycles. The number of hydrogen-bond donors (Lipinski definition) is 2. The summed E-state index contributed by atoms with van der Waals surface area (Å²) >= 11 is 0. The number of nitrogens with two attached hydrogens (primary N) is 1. The van der Waals surface area contributed by atoms with Gasteiger partial charge in [-0.25, -0.2) is 19.7 Å². The highest BCUT2D eigenvalue weighted by Gasteiger charge is 2.50. The lowest BCUT2D eigenvalue weighted by atomic mass is 9.75. The van der Waals surface area contributed by atoms with Crippen LogP contribution in [0.1, 0.15) is 53.0 Å². The van der Waals surface area contributed by atoms with Crippen molar-refractivity contribution < 1.29 is 19.4 Å². The van der Waals surface area contributed by atoms with E-state index >= 15 is 0 Å². The first-order valence-electron chi connectivity index (χ1n) is 10.3. The van der Waals surface area contributed by atoms with Gasteiger partial charge in [-0.3, -0.25) is 0 Å². The van der Waals surface area contributed by atoms with E-state index in [-0.39, 0.29) is 12.1 Å². The minimum Gasteiger partial charge on any atom is -0.444 e. The van der Waals surface area contributed by atoms with Crippen LogP contribution in [0.15, 0.2) is 12.7 Å². The second-order valence-corrected chi connectivity index (χ2v) is 9.59. The number of nitrogens with zero attached hydrogens (tertiary/aromatic N) is 5. The molecule has 10 heteroatoms. The molecule has 1 amide bonds. The van der Waals surface area contributed by atoms with Gasteiger partial charge in [0.2, 0.25) is 0 Å². The van der Waals surface area contributed by atoms with E-state index in [0.29, 0.717) is 55.9 Å². The largest absolute Gasteiger partial charge is 0.444 e. The van der Waals surface area contributed by atoms with Gasteiger partial charge in [0.25, 0.3) is 0 Å². The molecule has 2 fully saturated rings. The molecule has 10 nitrogen and oxygen atoms in total. The number of carbonyl (C=O) groups is 1. The molecule has 30 heavy (non-hydrogen) atoms. The third kappa shape index (κ3) is 3.81. The highest BCUT2D eigenvalue weighted by molar-refractivity contribution is 5.81. The predicted octanol–water partition coefficient (Wildman–Crippen LogP) is 1.89. The summed E-state index contributed by atoms with van der Waals surface area (Å²) < 4.78 is 13.6. The lowest BCUT2D eigenvalue weighted by molar-refractivity contribution is -0.195. The number of nitrogen functional groups attached to an aromatic ring is 1. The lowest BCUT2D eigenvalue weighted by Gasteiger charge is -2.51. The Hall–Kier alpha value is -2.46. The van der Waals surface area contributed by atoms with Crippen LogP contribution in [0.3, 0.4) is 0 Å². The van der Waals surface area contributed by atoms with Gasteiger partial charge in [-0.05, 0) is 40.5 Å². The minimum absolute atomic E-state index is 0.306. The molecular formula is C20H30N6O4. The van der Waals surface area contributed by atoms with Gasteiger partial charge >= 0.3 is 6.09 Å². The van der Waals surface area contributed by atoms with E-state index in [9.17, 15) is 9.90 Å². The van der Waals surface area contributed by atoms with Crippen molar-refractivity contribution in [3.05, 3.63) is 12.7 Å². The fraction of sp³-hybridized carbons (Fsp3) is 0.700. The van der Waals surface area contributed by atoms with Crippen LogP contribution in [0.4, 0.5) is 10.6 Å². The molecule has 1 spiro atoms. The standard InChI is InChI=1S/C20H30N6O4/c1-18(2,3)30-17(27)25-7-5-20(6-8-25)10-19(4,28)13(9-29-20)26-12-24-14-15(21)22-11-23-16(14)26/h11-13,28H,5-10H2,1-4H3,(H2,21,22,23)/t13-,19-/m1/s1. The Bertz CT molecular complexity index is 942. The van der Waals surface area contributed by atoms with Gasteiger partial charge in [-0.1, -0.05) is 0 Å². The molecule has 2 saturated heterocycles. The predicted molar refractivity (Wildman–Crippen MR) is 110 cm³/mol. The maximum absolute atomic E-state index is 12.4. The molecule has 4 heterocycles. The number of ether oxygens (including phenoxy) is 2. The average Bonchev–Trinajstić information content (AvgIpc) is 3.05. The Balaban J connectivity index is 1.47. The van der Waals surface area contributed by atoms with Crippen LogP contribution < -0.4 is 5.73 Å². The molecule has 0 bridgehead atoms. The zero-order valence-corrected chi connectivity index (χ0v) is 18.0. The number of carbonyl (C=O) groups excluding carboxylic acids is 1. The van der Waals surface area contributed by atoms with Gasteiger partial charge in [0.05, 0.1) is 30.2 Å². The van der Waals surface area contributed by atoms with E-state index in [0.717, 1.165) is 0 Å². The van der Waals surface area contributed by atoms with Crippen LogP contribution in [0.2, 0.25) is 0 Å². The van der Waals surface area contributed by atoms with Crippen LogP contribution in [-0.2, 0) is 9.47 Å². The van der Waals surface area contributed by atoms with Crippen molar-refractivity contribution in [3.8, 4) is 0 Å². The summed E-state index contributed by atoms with van der Waals surface area (Å²) in [5.41, 5.74) is 4.95. The van der Waals surface area contributed by atoms with Gasteiger partial charge in [0.15, 0.2) is 11.5 Å². The SMILES string of the molecule is CC(C)(C)OC(=O)N1CCC2(CC1)C[C@@](C)(O)[C@H](n1cnc3c(N)ncnc31)CO2. The number of imidazole rings is 1. The summed E-state index contributed by atoms with van der Waals surface area (Å²) in [6, 6.07) is -0.355. The van der Waals surface area contributed by atoms with Crippen molar-refractivity contribution in [2.24, 2.45) is 0 Å². The smallest absolute Gasteiger partial charge is 0.410 e. The number of piperidine rings is 1.